The third-order valence-electron chi connectivity index (χ3n) is 5.63. The van der Waals surface area contributed by atoms with Crippen LogP contribution in [-0.4, -0.2) is 59.0 Å². The summed E-state index contributed by atoms with van der Waals surface area (Å²) in [5.41, 5.74) is 8.81. The number of anilines is 2. The van der Waals surface area contributed by atoms with Gasteiger partial charge in [0.05, 0.1) is 17.8 Å². The quantitative estimate of drug-likeness (QED) is 0.440. The highest BCUT2D eigenvalue weighted by Crippen LogP contribution is 2.29. The van der Waals surface area contributed by atoms with Gasteiger partial charge in [-0.15, -0.1) is 10.2 Å². The number of nitrogens with zero attached hydrogens (tertiary/aromatic N) is 7. The molecule has 170 valence electrons. The molecule has 4 heterocycles. The fourth-order valence-electron chi connectivity index (χ4n) is 3.97. The fourth-order valence-corrected chi connectivity index (χ4v) is 3.97. The lowest BCUT2D eigenvalue weighted by Crippen LogP contribution is -2.26. The van der Waals surface area contributed by atoms with E-state index in [0.717, 1.165) is 23.9 Å². The predicted octanol–water partition coefficient (Wildman–Crippen LogP) is 2.83. The van der Waals surface area contributed by atoms with Gasteiger partial charge >= 0.3 is 0 Å². The number of rotatable bonds is 4. The van der Waals surface area contributed by atoms with Crippen molar-refractivity contribution in [3.05, 3.63) is 24.4 Å². The maximum atomic E-state index is 12.6. The van der Waals surface area contributed by atoms with Crippen LogP contribution in [-0.2, 0) is 6.54 Å². The van der Waals surface area contributed by atoms with Crippen LogP contribution in [0.3, 0.4) is 0 Å². The summed E-state index contributed by atoms with van der Waals surface area (Å²) in [6, 6.07) is 5.52. The third kappa shape index (κ3) is 4.47. The lowest BCUT2D eigenvalue weighted by atomic mass is 9.87. The molecule has 0 aromatic carbocycles. The summed E-state index contributed by atoms with van der Waals surface area (Å²) >= 11 is 0. The number of aliphatic hydroxyl groups is 1. The Morgan fingerprint density at radius 1 is 1.19 bits per heavy atom. The van der Waals surface area contributed by atoms with Crippen molar-refractivity contribution in [1.82, 2.24) is 34.6 Å². The van der Waals surface area contributed by atoms with Crippen LogP contribution in [0.4, 0.5) is 16.2 Å². The molecule has 10 nitrogen and oxygen atoms in total. The number of pyridine rings is 1. The van der Waals surface area contributed by atoms with Gasteiger partial charge in [-0.2, -0.15) is 4.98 Å². The highest BCUT2D eigenvalue weighted by atomic mass is 19.1. The minimum absolute atomic E-state index is 0.116. The van der Waals surface area contributed by atoms with Gasteiger partial charge in [0.25, 0.3) is 0 Å². The highest BCUT2D eigenvalue weighted by Gasteiger charge is 2.22. The van der Waals surface area contributed by atoms with E-state index in [0.29, 0.717) is 22.7 Å². The number of hydrogen-bond acceptors (Lipinski definition) is 8. The van der Waals surface area contributed by atoms with E-state index in [9.17, 15) is 9.50 Å². The first-order chi connectivity index (χ1) is 15.4. The van der Waals surface area contributed by atoms with Crippen LogP contribution in [0.25, 0.3) is 27.9 Å². The fraction of sp³-hybridized carbons (Fsp3) is 0.476. The molecule has 0 saturated heterocycles. The molecule has 4 aromatic heterocycles. The second kappa shape index (κ2) is 9.03. The second-order valence-corrected chi connectivity index (χ2v) is 8.19. The van der Waals surface area contributed by atoms with Crippen LogP contribution in [0.15, 0.2) is 24.4 Å². The Hall–Kier alpha value is -3.34. The van der Waals surface area contributed by atoms with Crippen molar-refractivity contribution in [3.8, 4) is 11.3 Å². The van der Waals surface area contributed by atoms with Gasteiger partial charge in [0.15, 0.2) is 11.5 Å². The first-order valence-corrected chi connectivity index (χ1v) is 10.7. The van der Waals surface area contributed by atoms with Gasteiger partial charge in [-0.05, 0) is 38.0 Å². The van der Waals surface area contributed by atoms with Crippen LogP contribution < -0.4 is 11.1 Å². The Morgan fingerprint density at radius 2 is 1.97 bits per heavy atom. The predicted molar refractivity (Wildman–Crippen MR) is 121 cm³/mol. The van der Waals surface area contributed by atoms with Gasteiger partial charge in [-0.3, -0.25) is 0 Å². The van der Waals surface area contributed by atoms with E-state index >= 15 is 0 Å². The Morgan fingerprint density at radius 3 is 2.62 bits per heavy atom. The SMILES string of the molecule is CC1(O)CCCCC1.CNc1nc(N)nn2ccc(-c3ccc4nnn(CCF)c4n3)c12. The van der Waals surface area contributed by atoms with Crippen LogP contribution in [0.2, 0.25) is 0 Å². The van der Waals surface area contributed by atoms with E-state index in [1.54, 1.807) is 23.8 Å². The van der Waals surface area contributed by atoms with E-state index in [4.69, 9.17) is 5.73 Å². The Labute approximate surface area is 184 Å². The van der Waals surface area contributed by atoms with Gasteiger partial charge < -0.3 is 16.2 Å². The number of aryl methyl sites for hydroxylation is 1. The molecule has 4 aromatic rings. The van der Waals surface area contributed by atoms with E-state index in [-0.39, 0.29) is 18.1 Å². The molecule has 11 heteroatoms. The molecule has 1 aliphatic carbocycles. The van der Waals surface area contributed by atoms with Gasteiger partial charge in [-0.25, -0.2) is 18.6 Å². The standard InChI is InChI=1S/C14H14FN9.C7H14O/c1-17-12-11-8(4-6-23(11)21-14(16)19-12)9-2-3-10-13(18-9)24(7-5-15)22-20-10;1-7(8)5-3-2-4-6-7/h2-4,6H,5,7H2,1H3,(H3,16,17,19,21);8H,2-6H2,1H3. The van der Waals surface area contributed by atoms with Crippen molar-refractivity contribution in [2.75, 3.05) is 24.8 Å². The topological polar surface area (TPSA) is 132 Å². The van der Waals surface area contributed by atoms with Crippen molar-refractivity contribution >= 4 is 28.4 Å². The number of fused-ring (bicyclic) bond motifs is 2. The molecule has 32 heavy (non-hydrogen) atoms. The lowest BCUT2D eigenvalue weighted by Gasteiger charge is -2.27. The minimum atomic E-state index is -0.531. The van der Waals surface area contributed by atoms with Crippen molar-refractivity contribution in [1.29, 1.82) is 0 Å². The average Bonchev–Trinajstić information content (AvgIpc) is 3.37. The molecule has 4 N–H and O–H groups in total. The molecule has 0 spiro atoms. The summed E-state index contributed by atoms with van der Waals surface area (Å²) in [7, 11) is 1.76. The normalized spacial score (nSPS) is 15.5. The van der Waals surface area contributed by atoms with E-state index < -0.39 is 6.67 Å². The molecule has 0 radical (unpaired) electrons. The monoisotopic (exact) mass is 441 g/mol. The molecule has 0 amide bonds. The number of nitrogen functional groups attached to an aromatic ring is 1. The highest BCUT2D eigenvalue weighted by molar-refractivity contribution is 5.89. The number of hydrogen-bond donors (Lipinski definition) is 3. The van der Waals surface area contributed by atoms with Gasteiger partial charge in [-0.1, -0.05) is 24.5 Å². The molecule has 1 fully saturated rings. The lowest BCUT2D eigenvalue weighted by molar-refractivity contribution is 0.0225. The summed E-state index contributed by atoms with van der Waals surface area (Å²) in [6.07, 6.45) is 7.54. The summed E-state index contributed by atoms with van der Waals surface area (Å²) in [6.45, 7) is 1.52. The maximum absolute atomic E-state index is 12.6. The number of nitrogens with two attached hydrogens (primary N) is 1. The Kier molecular flexibility index (Phi) is 6.17. The molecule has 0 bridgehead atoms. The molecule has 1 saturated carbocycles. The zero-order chi connectivity index (χ0) is 22.7. The molecule has 0 unspecified atom stereocenters. The first-order valence-electron chi connectivity index (χ1n) is 10.7. The Bertz CT molecular complexity index is 1210. The smallest absolute Gasteiger partial charge is 0.240 e. The van der Waals surface area contributed by atoms with Gasteiger partial charge in [0.2, 0.25) is 5.95 Å². The maximum Gasteiger partial charge on any atom is 0.240 e. The van der Waals surface area contributed by atoms with Crippen molar-refractivity contribution < 1.29 is 9.50 Å². The van der Waals surface area contributed by atoms with Crippen LogP contribution >= 0.6 is 0 Å². The number of nitrogens with one attached hydrogen (secondary N) is 1. The minimum Gasteiger partial charge on any atom is -0.390 e. The largest absolute Gasteiger partial charge is 0.390 e. The van der Waals surface area contributed by atoms with Crippen molar-refractivity contribution in [3.63, 3.8) is 0 Å². The van der Waals surface area contributed by atoms with Gasteiger partial charge in [0, 0.05) is 18.8 Å². The molecule has 5 rings (SSSR count). The number of alkyl halides is 1. The zero-order valence-electron chi connectivity index (χ0n) is 18.3. The third-order valence-corrected chi connectivity index (χ3v) is 5.63. The second-order valence-electron chi connectivity index (χ2n) is 8.19. The number of aromatic nitrogens is 7. The molecular weight excluding hydrogens is 413 g/mol. The van der Waals surface area contributed by atoms with Crippen molar-refractivity contribution in [2.24, 2.45) is 0 Å². The van der Waals surface area contributed by atoms with E-state index in [1.165, 1.54) is 23.9 Å². The van der Waals surface area contributed by atoms with E-state index in [2.05, 4.69) is 30.7 Å². The summed E-state index contributed by atoms with van der Waals surface area (Å²) in [4.78, 5) is 8.79. The molecule has 1 aliphatic rings. The van der Waals surface area contributed by atoms with Crippen LogP contribution in [0, 0.1) is 0 Å². The van der Waals surface area contributed by atoms with E-state index in [1.807, 2.05) is 19.1 Å². The number of halogens is 1. The van der Waals surface area contributed by atoms with Gasteiger partial charge in [0.1, 0.15) is 17.7 Å². The molecular formula is C21H28FN9O. The average molecular weight is 442 g/mol. The Balaban J connectivity index is 0.000000260. The first kappa shape index (κ1) is 21.9. The molecule has 0 atom stereocenters. The summed E-state index contributed by atoms with van der Waals surface area (Å²) in [5.74, 6) is 0.766. The summed E-state index contributed by atoms with van der Waals surface area (Å²) < 4.78 is 15.7. The molecule has 0 aliphatic heterocycles. The van der Waals surface area contributed by atoms with Crippen LogP contribution in [0.1, 0.15) is 39.0 Å². The zero-order valence-corrected chi connectivity index (χ0v) is 18.3. The van der Waals surface area contributed by atoms with Crippen molar-refractivity contribution in [2.45, 2.75) is 51.2 Å². The summed E-state index contributed by atoms with van der Waals surface area (Å²) in [5, 5.41) is 24.5. The van der Waals surface area contributed by atoms with Crippen LogP contribution in [0.5, 0.6) is 0 Å².